The number of allylic oxidation sites excluding steroid dienone is 8. The molecule has 4 heteroatoms. The van der Waals surface area contributed by atoms with E-state index >= 15 is 0 Å². The van der Waals surface area contributed by atoms with Crippen molar-refractivity contribution in [3.8, 4) is 62.2 Å². The summed E-state index contributed by atoms with van der Waals surface area (Å²) < 4.78 is 0. The van der Waals surface area contributed by atoms with E-state index in [2.05, 4.69) is 176 Å². The molecule has 0 N–H and O–H groups in total. The molecule has 2 heterocycles. The Hall–Kier alpha value is -6.80. The second-order valence-corrected chi connectivity index (χ2v) is 16.5. The van der Waals surface area contributed by atoms with E-state index in [1.807, 2.05) is 18.2 Å². The van der Waals surface area contributed by atoms with Gasteiger partial charge in [0.05, 0.1) is 22.4 Å². The maximum Gasteiger partial charge on any atom is 0.160 e. The van der Waals surface area contributed by atoms with Crippen LogP contribution in [0.2, 0.25) is 0 Å². The number of hydrogen-bond donors (Lipinski definition) is 0. The van der Waals surface area contributed by atoms with Crippen molar-refractivity contribution in [2.45, 2.75) is 28.0 Å². The minimum Gasteiger partial charge on any atom is -0.228 e. The molecule has 7 aromatic rings. The normalized spacial score (nSPS) is 19.6. The van der Waals surface area contributed by atoms with Crippen LogP contribution in [-0.2, 0) is 5.41 Å². The Morgan fingerprint density at radius 1 is 0.586 bits per heavy atom. The molecular formula is C54H37N3S. The second-order valence-electron chi connectivity index (χ2n) is 15.4. The first-order valence-corrected chi connectivity index (χ1v) is 20.8. The van der Waals surface area contributed by atoms with Crippen LogP contribution in [-0.4, -0.2) is 9.97 Å². The summed E-state index contributed by atoms with van der Waals surface area (Å²) in [4.78, 5) is 12.8. The molecule has 3 atom stereocenters. The highest BCUT2D eigenvalue weighted by atomic mass is 32.2. The highest BCUT2D eigenvalue weighted by Gasteiger charge is 2.57. The Balaban J connectivity index is 1.07. The summed E-state index contributed by atoms with van der Waals surface area (Å²) >= 11 is 1.76. The van der Waals surface area contributed by atoms with Crippen LogP contribution >= 0.6 is 11.8 Å². The van der Waals surface area contributed by atoms with Crippen molar-refractivity contribution in [3.63, 3.8) is 0 Å². The third-order valence-electron chi connectivity index (χ3n) is 12.4. The predicted octanol–water partition coefficient (Wildman–Crippen LogP) is 13.5. The fourth-order valence-corrected chi connectivity index (χ4v) is 11.3. The van der Waals surface area contributed by atoms with Gasteiger partial charge in [-0.3, -0.25) is 0 Å². The van der Waals surface area contributed by atoms with Crippen molar-refractivity contribution in [1.29, 1.82) is 5.26 Å². The smallest absolute Gasteiger partial charge is 0.160 e. The summed E-state index contributed by atoms with van der Waals surface area (Å²) in [7, 11) is 0. The highest BCUT2D eigenvalue weighted by molar-refractivity contribution is 7.99. The molecular weight excluding hydrogens is 723 g/mol. The third kappa shape index (κ3) is 5.42. The maximum absolute atomic E-state index is 10.5. The minimum atomic E-state index is -0.374. The zero-order chi connectivity index (χ0) is 38.6. The van der Waals surface area contributed by atoms with E-state index in [0.29, 0.717) is 5.82 Å². The zero-order valence-electron chi connectivity index (χ0n) is 31.7. The van der Waals surface area contributed by atoms with Crippen LogP contribution in [0.4, 0.5) is 0 Å². The number of aromatic nitrogens is 2. The average molecular weight is 760 g/mol. The van der Waals surface area contributed by atoms with Crippen molar-refractivity contribution in [2.24, 2.45) is 11.8 Å². The minimum absolute atomic E-state index is 0.216. The van der Waals surface area contributed by atoms with Crippen molar-refractivity contribution >= 4 is 11.8 Å². The number of benzene rings is 6. The number of nitrogens with zero attached hydrogens (tertiary/aromatic N) is 3. The predicted molar refractivity (Wildman–Crippen MR) is 236 cm³/mol. The van der Waals surface area contributed by atoms with Gasteiger partial charge in [-0.05, 0) is 70.0 Å². The SMILES string of the molecule is N#Cc1cccc2c1Sc1c(-c3cccc(-c4nc(-c5ccccc5)cc(-c5ccc(-c6ccccc6)cc5)n4)c3)cccc1C21C2=C(C=CCC2)C2C=CC=CC21. The Labute approximate surface area is 343 Å². The average Bonchev–Trinajstić information content (AvgIpc) is 3.60. The van der Waals surface area contributed by atoms with Crippen LogP contribution in [0.5, 0.6) is 0 Å². The van der Waals surface area contributed by atoms with Gasteiger partial charge in [0.2, 0.25) is 0 Å². The number of nitriles is 1. The second kappa shape index (κ2) is 14.0. The molecule has 1 spiro atoms. The number of hydrogen-bond acceptors (Lipinski definition) is 4. The Morgan fingerprint density at radius 2 is 1.21 bits per heavy atom. The lowest BCUT2D eigenvalue weighted by molar-refractivity contribution is 0.404. The van der Waals surface area contributed by atoms with E-state index in [1.54, 1.807) is 11.8 Å². The van der Waals surface area contributed by atoms with Gasteiger partial charge in [0, 0.05) is 38.3 Å². The first-order valence-electron chi connectivity index (χ1n) is 20.0. The maximum atomic E-state index is 10.5. The molecule has 0 radical (unpaired) electrons. The van der Waals surface area contributed by atoms with Crippen LogP contribution in [0.3, 0.4) is 0 Å². The van der Waals surface area contributed by atoms with E-state index in [0.717, 1.165) is 62.5 Å². The largest absolute Gasteiger partial charge is 0.228 e. The van der Waals surface area contributed by atoms with Crippen molar-refractivity contribution < 1.29 is 0 Å². The monoisotopic (exact) mass is 759 g/mol. The number of fused-ring (bicyclic) bond motifs is 8. The van der Waals surface area contributed by atoms with Gasteiger partial charge in [-0.1, -0.05) is 187 Å². The van der Waals surface area contributed by atoms with Gasteiger partial charge >= 0.3 is 0 Å². The molecule has 0 saturated carbocycles. The molecule has 3 unspecified atom stereocenters. The first kappa shape index (κ1) is 34.4. The van der Waals surface area contributed by atoms with Crippen molar-refractivity contribution in [1.82, 2.24) is 9.97 Å². The summed E-state index contributed by atoms with van der Waals surface area (Å²) in [6.07, 6.45) is 16.0. The van der Waals surface area contributed by atoms with Crippen molar-refractivity contribution in [2.75, 3.05) is 0 Å². The highest BCUT2D eigenvalue weighted by Crippen LogP contribution is 2.66. The van der Waals surface area contributed by atoms with Gasteiger partial charge in [-0.25, -0.2) is 9.97 Å². The van der Waals surface area contributed by atoms with E-state index < -0.39 is 0 Å². The summed E-state index contributed by atoms with van der Waals surface area (Å²) in [6.45, 7) is 0. The molecule has 11 rings (SSSR count). The summed E-state index contributed by atoms with van der Waals surface area (Å²) in [5.74, 6) is 1.18. The molecule has 274 valence electrons. The van der Waals surface area contributed by atoms with Gasteiger partial charge in [-0.2, -0.15) is 5.26 Å². The summed E-state index contributed by atoms with van der Waals surface area (Å²) in [6, 6.07) is 56.1. The summed E-state index contributed by atoms with van der Waals surface area (Å²) in [5.41, 5.74) is 15.3. The lowest BCUT2D eigenvalue weighted by Crippen LogP contribution is -2.39. The van der Waals surface area contributed by atoms with Crippen LogP contribution in [0.1, 0.15) is 29.5 Å². The molecule has 3 nitrogen and oxygen atoms in total. The Morgan fingerprint density at radius 3 is 1.98 bits per heavy atom. The molecule has 0 saturated heterocycles. The molecule has 3 aliphatic carbocycles. The van der Waals surface area contributed by atoms with Gasteiger partial charge in [0.15, 0.2) is 5.82 Å². The summed E-state index contributed by atoms with van der Waals surface area (Å²) in [5, 5.41) is 10.5. The van der Waals surface area contributed by atoms with Gasteiger partial charge in [0.1, 0.15) is 6.07 Å². The molecule has 6 aromatic carbocycles. The lowest BCUT2D eigenvalue weighted by atomic mass is 9.60. The molecule has 1 aromatic heterocycles. The number of rotatable bonds is 5. The van der Waals surface area contributed by atoms with Crippen LogP contribution < -0.4 is 0 Å². The molecule has 0 fully saturated rings. The fourth-order valence-electron chi connectivity index (χ4n) is 9.87. The zero-order valence-corrected chi connectivity index (χ0v) is 32.5. The van der Waals surface area contributed by atoms with E-state index in [-0.39, 0.29) is 17.3 Å². The standard InChI is InChI=1S/C54H37N3S/c55-34-41-20-12-26-47-51(41)58-52-42(23-13-27-48(52)54(47)45-24-9-7-21-43(45)44-22-8-10-25-46(44)54)39-18-11-19-40(32-39)53-56-49(37-16-5-2-6-17-37)33-50(57-53)38-30-28-36(29-31-38)35-14-3-1-4-15-35/h1-9,11-24,26-33,43,45H,10,25H2. The van der Waals surface area contributed by atoms with Gasteiger partial charge in [-0.15, -0.1) is 0 Å². The van der Waals surface area contributed by atoms with Crippen molar-refractivity contribution in [3.05, 3.63) is 216 Å². The van der Waals surface area contributed by atoms with E-state index in [9.17, 15) is 5.26 Å². The van der Waals surface area contributed by atoms with Crippen LogP contribution in [0.15, 0.2) is 209 Å². The van der Waals surface area contributed by atoms with E-state index in [1.165, 1.54) is 38.3 Å². The van der Waals surface area contributed by atoms with Gasteiger partial charge < -0.3 is 0 Å². The van der Waals surface area contributed by atoms with Crippen LogP contribution in [0.25, 0.3) is 56.2 Å². The quantitative estimate of drug-likeness (QED) is 0.175. The first-order chi connectivity index (χ1) is 28.7. The Kier molecular flexibility index (Phi) is 8.31. The topological polar surface area (TPSA) is 49.6 Å². The lowest BCUT2D eigenvalue weighted by Gasteiger charge is -2.45. The van der Waals surface area contributed by atoms with E-state index in [4.69, 9.17) is 9.97 Å². The molecule has 0 amide bonds. The Bertz CT molecular complexity index is 2930. The molecule has 58 heavy (non-hydrogen) atoms. The molecule has 4 aliphatic rings. The molecule has 1 aliphatic heterocycles. The fraction of sp³-hybridized carbons (Fsp3) is 0.0926. The third-order valence-corrected chi connectivity index (χ3v) is 13.7. The van der Waals surface area contributed by atoms with Gasteiger partial charge in [0.25, 0.3) is 0 Å². The molecule has 0 bridgehead atoms. The van der Waals surface area contributed by atoms with Crippen LogP contribution in [0, 0.1) is 23.2 Å².